The van der Waals surface area contributed by atoms with Gasteiger partial charge in [0.25, 0.3) is 0 Å². The highest BCUT2D eigenvalue weighted by Crippen LogP contribution is 2.29. The Labute approximate surface area is 117 Å². The van der Waals surface area contributed by atoms with Crippen LogP contribution >= 0.6 is 0 Å². The van der Waals surface area contributed by atoms with Gasteiger partial charge >= 0.3 is 0 Å². The van der Waals surface area contributed by atoms with Crippen molar-refractivity contribution in [2.24, 2.45) is 5.92 Å². The van der Waals surface area contributed by atoms with Crippen LogP contribution < -0.4 is 0 Å². The van der Waals surface area contributed by atoms with Crippen LogP contribution in [0.15, 0.2) is 0 Å². The van der Waals surface area contributed by atoms with Gasteiger partial charge < -0.3 is 9.47 Å². The summed E-state index contributed by atoms with van der Waals surface area (Å²) in [5.41, 5.74) is 0. The van der Waals surface area contributed by atoms with E-state index >= 15 is 0 Å². The minimum Gasteiger partial charge on any atom is -0.353 e. The quantitative estimate of drug-likeness (QED) is 0.646. The minimum absolute atomic E-state index is 0.153. The molecule has 1 saturated carbocycles. The highest BCUT2D eigenvalue weighted by molar-refractivity contribution is 7.92. The fourth-order valence-electron chi connectivity index (χ4n) is 2.72. The van der Waals surface area contributed by atoms with Crippen LogP contribution in [0.5, 0.6) is 0 Å². The molecule has 4 nitrogen and oxygen atoms in total. The Kier molecular flexibility index (Phi) is 7.32. The van der Waals surface area contributed by atoms with Crippen LogP contribution in [-0.4, -0.2) is 38.9 Å². The molecule has 1 aliphatic rings. The molecule has 0 heterocycles. The number of ether oxygens (including phenoxy) is 2. The Balaban J connectivity index is 2.48. The van der Waals surface area contributed by atoms with Gasteiger partial charge in [0.1, 0.15) is 0 Å². The van der Waals surface area contributed by atoms with E-state index in [-0.39, 0.29) is 17.3 Å². The molecule has 19 heavy (non-hydrogen) atoms. The van der Waals surface area contributed by atoms with E-state index in [1.807, 2.05) is 13.8 Å². The lowest BCUT2D eigenvalue weighted by Crippen LogP contribution is -2.31. The molecule has 0 aromatic heterocycles. The van der Waals surface area contributed by atoms with Crippen molar-refractivity contribution in [3.63, 3.8) is 0 Å². The van der Waals surface area contributed by atoms with Crippen molar-refractivity contribution in [3.8, 4) is 0 Å². The average molecular weight is 292 g/mol. The van der Waals surface area contributed by atoms with E-state index in [9.17, 15) is 8.42 Å². The average Bonchev–Trinajstić information content (AvgIpc) is 2.37. The smallest absolute Gasteiger partial charge is 0.158 e. The van der Waals surface area contributed by atoms with Crippen molar-refractivity contribution in [1.82, 2.24) is 0 Å². The number of hydrogen-bond acceptors (Lipinski definition) is 4. The fraction of sp³-hybridized carbons (Fsp3) is 1.00. The van der Waals surface area contributed by atoms with Gasteiger partial charge in [0.2, 0.25) is 0 Å². The Bertz CT molecular complexity index is 333. The van der Waals surface area contributed by atoms with E-state index in [1.54, 1.807) is 0 Å². The predicted octanol–water partition coefficient (Wildman–Crippen LogP) is 2.77. The first-order valence-electron chi connectivity index (χ1n) is 7.44. The zero-order valence-corrected chi connectivity index (χ0v) is 13.2. The molecular weight excluding hydrogens is 264 g/mol. The highest BCUT2D eigenvalue weighted by Gasteiger charge is 2.30. The lowest BCUT2D eigenvalue weighted by molar-refractivity contribution is -0.136. The van der Waals surface area contributed by atoms with Gasteiger partial charge in [-0.2, -0.15) is 0 Å². The van der Waals surface area contributed by atoms with Crippen LogP contribution in [0.1, 0.15) is 52.9 Å². The van der Waals surface area contributed by atoms with E-state index in [0.717, 1.165) is 25.7 Å². The minimum atomic E-state index is -3.01. The normalized spacial score (nSPS) is 24.8. The van der Waals surface area contributed by atoms with Crippen LogP contribution in [0.25, 0.3) is 0 Å². The van der Waals surface area contributed by atoms with Gasteiger partial charge in [-0.15, -0.1) is 0 Å². The molecule has 114 valence electrons. The Morgan fingerprint density at radius 2 is 1.79 bits per heavy atom. The third kappa shape index (κ3) is 5.79. The van der Waals surface area contributed by atoms with Gasteiger partial charge in [-0.25, -0.2) is 8.42 Å². The van der Waals surface area contributed by atoms with Gasteiger partial charge in [0.15, 0.2) is 16.1 Å². The lowest BCUT2D eigenvalue weighted by atomic mass is 9.91. The van der Waals surface area contributed by atoms with Gasteiger partial charge in [-0.1, -0.05) is 19.8 Å². The van der Waals surface area contributed by atoms with Gasteiger partial charge in [0.05, 0.1) is 11.0 Å². The molecule has 0 saturated heterocycles. The van der Waals surface area contributed by atoms with Crippen LogP contribution in [0, 0.1) is 5.92 Å². The van der Waals surface area contributed by atoms with E-state index in [0.29, 0.717) is 25.6 Å². The zero-order valence-electron chi connectivity index (χ0n) is 12.4. The molecule has 0 amide bonds. The van der Waals surface area contributed by atoms with Crippen molar-refractivity contribution in [2.45, 2.75) is 64.4 Å². The Morgan fingerprint density at radius 1 is 1.16 bits per heavy atom. The molecule has 2 unspecified atom stereocenters. The molecular formula is C14H28O4S. The summed E-state index contributed by atoms with van der Waals surface area (Å²) in [6, 6.07) is 0. The second kappa shape index (κ2) is 8.22. The van der Waals surface area contributed by atoms with E-state index in [2.05, 4.69) is 6.92 Å². The summed E-state index contributed by atoms with van der Waals surface area (Å²) in [6.07, 6.45) is 3.88. The first-order chi connectivity index (χ1) is 8.99. The fourth-order valence-corrected chi connectivity index (χ4v) is 4.72. The number of hydrogen-bond donors (Lipinski definition) is 0. The molecule has 1 fully saturated rings. The molecule has 0 bridgehead atoms. The van der Waals surface area contributed by atoms with Crippen molar-refractivity contribution < 1.29 is 17.9 Å². The second-order valence-electron chi connectivity index (χ2n) is 5.39. The van der Waals surface area contributed by atoms with Crippen molar-refractivity contribution >= 4 is 9.84 Å². The molecule has 1 rings (SSSR count). The first-order valence-corrected chi connectivity index (χ1v) is 9.15. The van der Waals surface area contributed by atoms with E-state index in [1.165, 1.54) is 0 Å². The molecule has 0 spiro atoms. The molecule has 5 heteroatoms. The van der Waals surface area contributed by atoms with Gasteiger partial charge in [0, 0.05) is 19.6 Å². The summed E-state index contributed by atoms with van der Waals surface area (Å²) in [4.78, 5) is 0. The maximum absolute atomic E-state index is 12.3. The largest absolute Gasteiger partial charge is 0.353 e. The van der Waals surface area contributed by atoms with Crippen LogP contribution in [-0.2, 0) is 19.3 Å². The molecule has 0 aromatic carbocycles. The summed E-state index contributed by atoms with van der Waals surface area (Å²) in [5.74, 6) is 0.706. The summed E-state index contributed by atoms with van der Waals surface area (Å²) in [5, 5.41) is -0.153. The van der Waals surface area contributed by atoms with Crippen molar-refractivity contribution in [2.75, 3.05) is 19.0 Å². The molecule has 0 N–H and O–H groups in total. The van der Waals surface area contributed by atoms with Crippen LogP contribution in [0.4, 0.5) is 0 Å². The molecule has 0 aliphatic heterocycles. The maximum atomic E-state index is 12.3. The standard InChI is InChI=1S/C14H28O4S/c1-4-17-14(18-5-2)9-10-19(15,16)13-8-6-7-12(3)11-13/h12-14H,4-11H2,1-3H3. The first kappa shape index (κ1) is 16.9. The third-order valence-corrected chi connectivity index (χ3v) is 5.99. The lowest BCUT2D eigenvalue weighted by Gasteiger charge is -2.27. The summed E-state index contributed by atoms with van der Waals surface area (Å²) >= 11 is 0. The highest BCUT2D eigenvalue weighted by atomic mass is 32.2. The van der Waals surface area contributed by atoms with Crippen LogP contribution in [0.3, 0.4) is 0 Å². The molecule has 0 radical (unpaired) electrons. The van der Waals surface area contributed by atoms with Crippen LogP contribution in [0.2, 0.25) is 0 Å². The summed E-state index contributed by atoms with van der Waals surface area (Å²) < 4.78 is 35.5. The molecule has 0 aromatic rings. The van der Waals surface area contributed by atoms with Crippen molar-refractivity contribution in [3.05, 3.63) is 0 Å². The number of rotatable bonds is 8. The Morgan fingerprint density at radius 3 is 2.32 bits per heavy atom. The Hall–Kier alpha value is -0.130. The van der Waals surface area contributed by atoms with E-state index < -0.39 is 9.84 Å². The SMILES string of the molecule is CCOC(CCS(=O)(=O)C1CCCC(C)C1)OCC. The third-order valence-electron chi connectivity index (χ3n) is 3.74. The predicted molar refractivity (Wildman–Crippen MR) is 76.9 cm³/mol. The van der Waals surface area contributed by atoms with Gasteiger partial charge in [-0.3, -0.25) is 0 Å². The second-order valence-corrected chi connectivity index (χ2v) is 7.79. The molecule has 1 aliphatic carbocycles. The zero-order chi connectivity index (χ0) is 14.3. The van der Waals surface area contributed by atoms with E-state index in [4.69, 9.17) is 9.47 Å². The van der Waals surface area contributed by atoms with Crippen molar-refractivity contribution in [1.29, 1.82) is 0 Å². The summed E-state index contributed by atoms with van der Waals surface area (Å²) in [6.45, 7) is 7.02. The number of sulfone groups is 1. The van der Waals surface area contributed by atoms with Gasteiger partial charge in [-0.05, 0) is 32.6 Å². The topological polar surface area (TPSA) is 52.6 Å². The monoisotopic (exact) mass is 292 g/mol. The maximum Gasteiger partial charge on any atom is 0.158 e. The molecule has 2 atom stereocenters. The summed E-state index contributed by atoms with van der Waals surface area (Å²) in [7, 11) is -3.01.